The van der Waals surface area contributed by atoms with Crippen molar-refractivity contribution in [3.8, 4) is 0 Å². The molecule has 16 heavy (non-hydrogen) atoms. The number of hydrogen-bond acceptors (Lipinski definition) is 0. The highest BCUT2D eigenvalue weighted by molar-refractivity contribution is 9.10. The van der Waals surface area contributed by atoms with Crippen LogP contribution in [0.4, 0.5) is 0 Å². The largest absolute Gasteiger partial charge is 0.113 e. The first-order chi connectivity index (χ1) is 7.68. The van der Waals surface area contributed by atoms with Gasteiger partial charge in [0.2, 0.25) is 0 Å². The number of hydrogen-bond donors (Lipinski definition) is 0. The van der Waals surface area contributed by atoms with E-state index in [9.17, 15) is 0 Å². The van der Waals surface area contributed by atoms with Gasteiger partial charge in [0, 0.05) is 4.47 Å². The highest BCUT2D eigenvalue weighted by Crippen LogP contribution is 2.31. The molecule has 82 valence electrons. The number of halogens is 2. The van der Waals surface area contributed by atoms with Crippen molar-refractivity contribution in [3.05, 3.63) is 69.7 Å². The molecule has 0 aromatic heterocycles. The van der Waals surface area contributed by atoms with Crippen LogP contribution in [0.1, 0.15) is 22.1 Å². The average Bonchev–Trinajstić information content (AvgIpc) is 2.30. The molecule has 0 aliphatic carbocycles. The summed E-state index contributed by atoms with van der Waals surface area (Å²) in [5.74, 6) is 0. The van der Waals surface area contributed by atoms with E-state index in [1.165, 1.54) is 11.1 Å². The fourth-order valence-electron chi connectivity index (χ4n) is 1.68. The van der Waals surface area contributed by atoms with Crippen LogP contribution in [0.5, 0.6) is 0 Å². The van der Waals surface area contributed by atoms with Crippen LogP contribution in [0, 0.1) is 6.92 Å². The standard InChI is InChI=1S/C14H12BrCl/c1-10-4-2-3-5-13(10)14(16)11-6-8-12(15)9-7-11/h2-9,14H,1H3. The van der Waals surface area contributed by atoms with Crippen molar-refractivity contribution >= 4 is 27.5 Å². The summed E-state index contributed by atoms with van der Waals surface area (Å²) in [6.07, 6.45) is 0. The van der Waals surface area contributed by atoms with Gasteiger partial charge in [-0.3, -0.25) is 0 Å². The molecule has 0 radical (unpaired) electrons. The van der Waals surface area contributed by atoms with Gasteiger partial charge in [-0.05, 0) is 35.7 Å². The van der Waals surface area contributed by atoms with Crippen LogP contribution in [-0.4, -0.2) is 0 Å². The maximum absolute atomic E-state index is 6.47. The van der Waals surface area contributed by atoms with Gasteiger partial charge >= 0.3 is 0 Å². The molecule has 0 spiro atoms. The van der Waals surface area contributed by atoms with Crippen LogP contribution in [-0.2, 0) is 0 Å². The average molecular weight is 296 g/mol. The van der Waals surface area contributed by atoms with Crippen molar-refractivity contribution in [1.82, 2.24) is 0 Å². The van der Waals surface area contributed by atoms with Crippen molar-refractivity contribution in [3.63, 3.8) is 0 Å². The van der Waals surface area contributed by atoms with Gasteiger partial charge in [-0.2, -0.15) is 0 Å². The van der Waals surface area contributed by atoms with Crippen LogP contribution in [0.25, 0.3) is 0 Å². The van der Waals surface area contributed by atoms with E-state index in [1.54, 1.807) is 0 Å². The van der Waals surface area contributed by atoms with Gasteiger partial charge < -0.3 is 0 Å². The summed E-state index contributed by atoms with van der Waals surface area (Å²) >= 11 is 9.90. The van der Waals surface area contributed by atoms with E-state index in [-0.39, 0.29) is 5.38 Å². The fraction of sp³-hybridized carbons (Fsp3) is 0.143. The number of rotatable bonds is 2. The Morgan fingerprint density at radius 3 is 2.25 bits per heavy atom. The van der Waals surface area contributed by atoms with Crippen LogP contribution in [0.15, 0.2) is 53.0 Å². The quantitative estimate of drug-likeness (QED) is 0.677. The van der Waals surface area contributed by atoms with Crippen molar-refractivity contribution < 1.29 is 0 Å². The van der Waals surface area contributed by atoms with E-state index in [1.807, 2.05) is 36.4 Å². The lowest BCUT2D eigenvalue weighted by Gasteiger charge is -2.13. The van der Waals surface area contributed by atoms with Crippen molar-refractivity contribution in [1.29, 1.82) is 0 Å². The summed E-state index contributed by atoms with van der Waals surface area (Å²) in [5, 5.41) is -0.0747. The molecule has 0 saturated heterocycles. The Hall–Kier alpha value is -0.790. The molecule has 0 aliphatic rings. The molecule has 0 nitrogen and oxygen atoms in total. The second-order valence-corrected chi connectivity index (χ2v) is 5.12. The first kappa shape index (κ1) is 11.7. The third-order valence-electron chi connectivity index (χ3n) is 2.62. The normalized spacial score (nSPS) is 12.4. The molecule has 2 aromatic carbocycles. The third-order valence-corrected chi connectivity index (χ3v) is 3.64. The Kier molecular flexibility index (Phi) is 3.67. The SMILES string of the molecule is Cc1ccccc1C(Cl)c1ccc(Br)cc1. The minimum Gasteiger partial charge on any atom is -0.113 e. The Balaban J connectivity index is 2.35. The predicted molar refractivity (Wildman–Crippen MR) is 73.0 cm³/mol. The number of benzene rings is 2. The first-order valence-corrected chi connectivity index (χ1v) is 6.36. The highest BCUT2D eigenvalue weighted by Gasteiger charge is 2.12. The smallest absolute Gasteiger partial charge is 0.0838 e. The zero-order valence-electron chi connectivity index (χ0n) is 8.95. The lowest BCUT2D eigenvalue weighted by molar-refractivity contribution is 1.11. The summed E-state index contributed by atoms with van der Waals surface area (Å²) in [5.41, 5.74) is 3.52. The third kappa shape index (κ3) is 2.47. The van der Waals surface area contributed by atoms with Crippen LogP contribution in [0.2, 0.25) is 0 Å². The van der Waals surface area contributed by atoms with Crippen molar-refractivity contribution in [2.75, 3.05) is 0 Å². The summed E-state index contributed by atoms with van der Waals surface area (Å²) in [7, 11) is 0. The van der Waals surface area contributed by atoms with Crippen molar-refractivity contribution in [2.45, 2.75) is 12.3 Å². The van der Waals surface area contributed by atoms with E-state index in [0.717, 1.165) is 10.0 Å². The molecule has 0 heterocycles. The first-order valence-electron chi connectivity index (χ1n) is 5.13. The Morgan fingerprint density at radius 1 is 1.00 bits per heavy atom. The molecule has 1 atom stereocenters. The molecule has 0 fully saturated rings. The zero-order chi connectivity index (χ0) is 11.5. The highest BCUT2D eigenvalue weighted by atomic mass is 79.9. The minimum absolute atomic E-state index is 0.0747. The fourth-order valence-corrected chi connectivity index (χ4v) is 2.34. The lowest BCUT2D eigenvalue weighted by Crippen LogP contribution is -1.95. The molecular formula is C14H12BrCl. The Labute approximate surface area is 109 Å². The van der Waals surface area contributed by atoms with Gasteiger partial charge in [0.1, 0.15) is 0 Å². The number of aryl methyl sites for hydroxylation is 1. The second kappa shape index (κ2) is 5.03. The van der Waals surface area contributed by atoms with Crippen LogP contribution < -0.4 is 0 Å². The Bertz CT molecular complexity index is 476. The predicted octanol–water partition coefficient (Wildman–Crippen LogP) is 5.09. The van der Waals surface area contributed by atoms with Gasteiger partial charge in [-0.15, -0.1) is 11.6 Å². The van der Waals surface area contributed by atoms with E-state index in [2.05, 4.69) is 35.0 Å². The Morgan fingerprint density at radius 2 is 1.62 bits per heavy atom. The molecular weight excluding hydrogens is 284 g/mol. The molecule has 1 unspecified atom stereocenters. The second-order valence-electron chi connectivity index (χ2n) is 3.77. The molecule has 0 saturated carbocycles. The zero-order valence-corrected chi connectivity index (χ0v) is 11.3. The summed E-state index contributed by atoms with van der Waals surface area (Å²) in [4.78, 5) is 0. The topological polar surface area (TPSA) is 0 Å². The van der Waals surface area contributed by atoms with Gasteiger partial charge in [0.25, 0.3) is 0 Å². The molecule has 0 amide bonds. The molecule has 2 heteroatoms. The molecule has 2 rings (SSSR count). The number of alkyl halides is 1. The summed E-state index contributed by atoms with van der Waals surface area (Å²) in [6.45, 7) is 2.09. The van der Waals surface area contributed by atoms with Crippen LogP contribution in [0.3, 0.4) is 0 Å². The van der Waals surface area contributed by atoms with E-state index in [0.29, 0.717) is 0 Å². The van der Waals surface area contributed by atoms with Gasteiger partial charge in [-0.1, -0.05) is 52.3 Å². The van der Waals surface area contributed by atoms with E-state index in [4.69, 9.17) is 11.6 Å². The maximum Gasteiger partial charge on any atom is 0.0838 e. The molecule has 0 N–H and O–H groups in total. The van der Waals surface area contributed by atoms with Gasteiger partial charge in [0.15, 0.2) is 0 Å². The molecule has 0 bridgehead atoms. The summed E-state index contributed by atoms with van der Waals surface area (Å²) < 4.78 is 1.07. The molecule has 2 aromatic rings. The van der Waals surface area contributed by atoms with E-state index >= 15 is 0 Å². The summed E-state index contributed by atoms with van der Waals surface area (Å²) in [6, 6.07) is 16.4. The minimum atomic E-state index is -0.0747. The van der Waals surface area contributed by atoms with Gasteiger partial charge in [-0.25, -0.2) is 0 Å². The maximum atomic E-state index is 6.47. The van der Waals surface area contributed by atoms with Crippen LogP contribution >= 0.6 is 27.5 Å². The lowest BCUT2D eigenvalue weighted by atomic mass is 10.0. The van der Waals surface area contributed by atoms with Gasteiger partial charge in [0.05, 0.1) is 5.38 Å². The molecule has 0 aliphatic heterocycles. The van der Waals surface area contributed by atoms with Crippen molar-refractivity contribution in [2.24, 2.45) is 0 Å². The van der Waals surface area contributed by atoms with E-state index < -0.39 is 0 Å². The monoisotopic (exact) mass is 294 g/mol.